The molecule has 0 unspecified atom stereocenters. The molecule has 1 saturated heterocycles. The van der Waals surface area contributed by atoms with Gasteiger partial charge in [0.2, 0.25) is 0 Å². The van der Waals surface area contributed by atoms with Gasteiger partial charge in [-0.1, -0.05) is 12.1 Å². The van der Waals surface area contributed by atoms with Crippen LogP contribution in [0.5, 0.6) is 5.75 Å². The van der Waals surface area contributed by atoms with Crippen LogP contribution in [-0.4, -0.2) is 49.1 Å². The molecule has 5 N–H and O–H groups in total. The summed E-state index contributed by atoms with van der Waals surface area (Å²) in [6, 6.07) is 8.66. The number of nitrogens with two attached hydrogens (primary N) is 1. The summed E-state index contributed by atoms with van der Waals surface area (Å²) in [5.41, 5.74) is 6.49. The number of carbonyl (C=O) groups is 2. The van der Waals surface area contributed by atoms with E-state index in [9.17, 15) is 14.7 Å². The molecule has 2 amide bonds. The van der Waals surface area contributed by atoms with Crippen LogP contribution in [0.25, 0.3) is 0 Å². The highest BCUT2D eigenvalue weighted by Crippen LogP contribution is 2.26. The molecular formula is C18H23N4O3S+. The van der Waals surface area contributed by atoms with Crippen molar-refractivity contribution in [2.24, 2.45) is 5.73 Å². The monoisotopic (exact) mass is 375 g/mol. The van der Waals surface area contributed by atoms with Gasteiger partial charge in [0, 0.05) is 0 Å². The summed E-state index contributed by atoms with van der Waals surface area (Å²) in [5.74, 6) is -0.391. The summed E-state index contributed by atoms with van der Waals surface area (Å²) < 4.78 is 0. The average Bonchev–Trinajstić information content (AvgIpc) is 3.10. The number of anilines is 2. The Bertz CT molecular complexity index is 799. The molecule has 0 saturated carbocycles. The van der Waals surface area contributed by atoms with Gasteiger partial charge in [-0.15, -0.1) is 11.3 Å². The summed E-state index contributed by atoms with van der Waals surface area (Å²) in [6.45, 7) is 4.98. The Labute approximate surface area is 156 Å². The van der Waals surface area contributed by atoms with Gasteiger partial charge in [0.05, 0.1) is 37.4 Å². The van der Waals surface area contributed by atoms with Gasteiger partial charge in [0.25, 0.3) is 11.8 Å². The fourth-order valence-corrected chi connectivity index (χ4v) is 4.00. The van der Waals surface area contributed by atoms with Gasteiger partial charge in [-0.25, -0.2) is 0 Å². The highest BCUT2D eigenvalue weighted by molar-refractivity contribution is 7.14. The third-order valence-corrected chi connectivity index (χ3v) is 5.63. The molecule has 0 spiro atoms. The highest BCUT2D eigenvalue weighted by atomic mass is 32.1. The molecule has 138 valence electrons. The first-order valence-electron chi connectivity index (χ1n) is 8.53. The van der Waals surface area contributed by atoms with Crippen LogP contribution in [0.3, 0.4) is 0 Å². The van der Waals surface area contributed by atoms with Gasteiger partial charge in [0.1, 0.15) is 10.8 Å². The Hall–Kier alpha value is -2.58. The Kier molecular flexibility index (Phi) is 5.43. The Morgan fingerprint density at radius 3 is 2.62 bits per heavy atom. The van der Waals surface area contributed by atoms with E-state index in [1.54, 1.807) is 23.6 Å². The lowest BCUT2D eigenvalue weighted by Gasteiger charge is -2.36. The first kappa shape index (κ1) is 18.2. The summed E-state index contributed by atoms with van der Waals surface area (Å²) in [6.07, 6.45) is 0. The number of aromatic hydroxyl groups is 1. The Morgan fingerprint density at radius 1 is 1.27 bits per heavy atom. The fourth-order valence-electron chi connectivity index (χ4n) is 3.21. The number of hydrogen-bond acceptors (Lipinski definition) is 5. The number of nitrogens with one attached hydrogen (secondary N) is 2. The second-order valence-corrected chi connectivity index (χ2v) is 7.29. The SMILES string of the molecule is C[C@H](C(=O)Nc1sccc1C(N)=O)[NH+]1CCN(c2ccccc2O)CC1. The number of benzene rings is 1. The minimum absolute atomic E-state index is 0.124. The smallest absolute Gasteiger partial charge is 0.282 e. The van der Waals surface area contributed by atoms with Crippen molar-refractivity contribution in [3.63, 3.8) is 0 Å². The lowest BCUT2D eigenvalue weighted by molar-refractivity contribution is -0.914. The van der Waals surface area contributed by atoms with E-state index < -0.39 is 5.91 Å². The van der Waals surface area contributed by atoms with Crippen LogP contribution < -0.4 is 20.9 Å². The van der Waals surface area contributed by atoms with E-state index in [0.29, 0.717) is 10.6 Å². The maximum atomic E-state index is 12.6. The standard InChI is InChI=1S/C18H22N4O3S/c1-12(17(25)20-18-13(16(19)24)6-11-26-18)21-7-9-22(10-8-21)14-4-2-3-5-15(14)23/h2-6,11-12,23H,7-10H2,1H3,(H2,19,24)(H,20,25)/p+1/t12-/m1/s1. The molecule has 1 atom stereocenters. The normalized spacial score (nSPS) is 16.3. The van der Waals surface area contributed by atoms with Crippen molar-refractivity contribution < 1.29 is 19.6 Å². The van der Waals surface area contributed by atoms with Crippen LogP contribution in [0, 0.1) is 0 Å². The van der Waals surface area contributed by atoms with Crippen molar-refractivity contribution in [3.05, 3.63) is 41.3 Å². The number of hydrogen-bond donors (Lipinski definition) is 4. The van der Waals surface area contributed by atoms with E-state index >= 15 is 0 Å². The van der Waals surface area contributed by atoms with E-state index in [0.717, 1.165) is 31.9 Å². The van der Waals surface area contributed by atoms with Crippen LogP contribution in [0.4, 0.5) is 10.7 Å². The number of carbonyl (C=O) groups excluding carboxylic acids is 2. The van der Waals surface area contributed by atoms with Crippen molar-refractivity contribution in [1.82, 2.24) is 0 Å². The molecule has 0 bridgehead atoms. The second kappa shape index (κ2) is 7.76. The number of primary amides is 1. The number of nitrogens with zero attached hydrogens (tertiary/aromatic N) is 1. The van der Waals surface area contributed by atoms with E-state index in [1.165, 1.54) is 16.2 Å². The van der Waals surface area contributed by atoms with E-state index in [-0.39, 0.29) is 17.7 Å². The third-order valence-electron chi connectivity index (χ3n) is 4.80. The first-order chi connectivity index (χ1) is 12.5. The molecule has 0 aliphatic carbocycles. The molecular weight excluding hydrogens is 352 g/mol. The number of rotatable bonds is 5. The van der Waals surface area contributed by atoms with Crippen molar-refractivity contribution in [2.45, 2.75) is 13.0 Å². The molecule has 2 aromatic rings. The second-order valence-electron chi connectivity index (χ2n) is 6.37. The zero-order valence-electron chi connectivity index (χ0n) is 14.6. The molecule has 1 fully saturated rings. The molecule has 3 rings (SSSR count). The number of thiophene rings is 1. The summed E-state index contributed by atoms with van der Waals surface area (Å²) in [5, 5.41) is 15.1. The van der Waals surface area contributed by atoms with Crippen LogP contribution in [0.2, 0.25) is 0 Å². The zero-order valence-corrected chi connectivity index (χ0v) is 15.4. The zero-order chi connectivity index (χ0) is 18.7. The number of phenols is 1. The number of para-hydroxylation sites is 2. The topological polar surface area (TPSA) is 100 Å². The molecule has 1 aliphatic heterocycles. The maximum absolute atomic E-state index is 12.6. The number of phenolic OH excluding ortho intramolecular Hbond substituents is 1. The molecule has 8 heteroatoms. The van der Waals surface area contributed by atoms with Crippen molar-refractivity contribution in [1.29, 1.82) is 0 Å². The summed E-state index contributed by atoms with van der Waals surface area (Å²) in [7, 11) is 0. The van der Waals surface area contributed by atoms with Crippen LogP contribution in [0.1, 0.15) is 17.3 Å². The quantitative estimate of drug-likeness (QED) is 0.603. The van der Waals surface area contributed by atoms with Crippen molar-refractivity contribution >= 4 is 33.8 Å². The number of amides is 2. The average molecular weight is 375 g/mol. The fraction of sp³-hybridized carbons (Fsp3) is 0.333. The molecule has 1 aliphatic rings. The number of quaternary nitrogens is 1. The van der Waals surface area contributed by atoms with Crippen LogP contribution in [0.15, 0.2) is 35.7 Å². The molecule has 1 aromatic heterocycles. The minimum Gasteiger partial charge on any atom is -0.506 e. The molecule has 7 nitrogen and oxygen atoms in total. The summed E-state index contributed by atoms with van der Waals surface area (Å²) >= 11 is 1.29. The van der Waals surface area contributed by atoms with Gasteiger partial charge < -0.3 is 26.0 Å². The number of piperazine rings is 1. The van der Waals surface area contributed by atoms with Crippen LogP contribution in [-0.2, 0) is 4.79 Å². The van der Waals surface area contributed by atoms with E-state index in [4.69, 9.17) is 5.73 Å². The van der Waals surface area contributed by atoms with Crippen molar-refractivity contribution in [3.8, 4) is 5.75 Å². The lowest BCUT2D eigenvalue weighted by atomic mass is 10.2. The van der Waals surface area contributed by atoms with Gasteiger partial charge >= 0.3 is 0 Å². The highest BCUT2D eigenvalue weighted by Gasteiger charge is 2.30. The molecule has 2 heterocycles. The predicted molar refractivity (Wildman–Crippen MR) is 102 cm³/mol. The molecule has 26 heavy (non-hydrogen) atoms. The maximum Gasteiger partial charge on any atom is 0.282 e. The summed E-state index contributed by atoms with van der Waals surface area (Å²) in [4.78, 5) is 27.2. The van der Waals surface area contributed by atoms with Gasteiger partial charge in [-0.3, -0.25) is 9.59 Å². The first-order valence-corrected chi connectivity index (χ1v) is 9.41. The Balaban J connectivity index is 1.58. The van der Waals surface area contributed by atoms with Gasteiger partial charge in [-0.2, -0.15) is 0 Å². The lowest BCUT2D eigenvalue weighted by Crippen LogP contribution is -3.19. The molecule has 1 aromatic carbocycles. The van der Waals surface area contributed by atoms with E-state index in [2.05, 4.69) is 10.2 Å². The predicted octanol–water partition coefficient (Wildman–Crippen LogP) is 0.285. The Morgan fingerprint density at radius 2 is 1.96 bits per heavy atom. The van der Waals surface area contributed by atoms with Crippen molar-refractivity contribution in [2.75, 3.05) is 36.4 Å². The third kappa shape index (κ3) is 3.81. The van der Waals surface area contributed by atoms with E-state index in [1.807, 2.05) is 19.1 Å². The minimum atomic E-state index is -0.544. The largest absolute Gasteiger partial charge is 0.506 e. The van der Waals surface area contributed by atoms with Gasteiger partial charge in [0.15, 0.2) is 6.04 Å². The molecule has 0 radical (unpaired) electrons. The van der Waals surface area contributed by atoms with Crippen LogP contribution >= 0.6 is 11.3 Å². The van der Waals surface area contributed by atoms with Gasteiger partial charge in [-0.05, 0) is 30.5 Å².